The zero-order chi connectivity index (χ0) is 18.7. The van der Waals surface area contributed by atoms with Crippen molar-refractivity contribution in [2.75, 3.05) is 0 Å². The highest BCUT2D eigenvalue weighted by Crippen LogP contribution is 2.39. The Balaban J connectivity index is 1.74. The molecule has 0 aromatic heterocycles. The van der Waals surface area contributed by atoms with Crippen molar-refractivity contribution in [1.29, 1.82) is 0 Å². The van der Waals surface area contributed by atoms with Crippen LogP contribution in [0.5, 0.6) is 11.5 Å². The minimum Gasteiger partial charge on any atom is -0.487 e. The van der Waals surface area contributed by atoms with E-state index in [1.54, 1.807) is 24.3 Å². The zero-order valence-corrected chi connectivity index (χ0v) is 16.0. The van der Waals surface area contributed by atoms with Crippen molar-refractivity contribution >= 4 is 17.5 Å². The van der Waals surface area contributed by atoms with Crippen LogP contribution in [0.1, 0.15) is 45.2 Å². The van der Waals surface area contributed by atoms with E-state index in [0.717, 1.165) is 11.3 Å². The van der Waals surface area contributed by atoms with E-state index in [9.17, 15) is 4.79 Å². The summed E-state index contributed by atoms with van der Waals surface area (Å²) in [6, 6.07) is 14.8. The van der Waals surface area contributed by atoms with E-state index in [1.807, 2.05) is 45.0 Å². The fraction of sp³-hybridized carbons (Fsp3) is 0.381. The predicted molar refractivity (Wildman–Crippen MR) is 103 cm³/mol. The number of nitrogens with one attached hydrogen (secondary N) is 1. The number of hydrogen-bond donors (Lipinski definition) is 1. The Morgan fingerprint density at radius 1 is 1.27 bits per heavy atom. The fourth-order valence-corrected chi connectivity index (χ4v) is 3.32. The van der Waals surface area contributed by atoms with E-state index in [-0.39, 0.29) is 17.6 Å². The molecule has 2 atom stereocenters. The van der Waals surface area contributed by atoms with Gasteiger partial charge in [-0.05, 0) is 50.6 Å². The Morgan fingerprint density at radius 3 is 2.65 bits per heavy atom. The number of hydrogen-bond acceptors (Lipinski definition) is 3. The first-order valence-electron chi connectivity index (χ1n) is 8.88. The minimum absolute atomic E-state index is 0.106. The molecule has 138 valence electrons. The number of carbonyl (C=O) groups excluding carboxylic acids is 1. The molecule has 1 N–H and O–H groups in total. The van der Waals surface area contributed by atoms with Crippen LogP contribution in [0.2, 0.25) is 5.02 Å². The van der Waals surface area contributed by atoms with Gasteiger partial charge in [0.15, 0.2) is 6.10 Å². The first kappa shape index (κ1) is 18.6. The van der Waals surface area contributed by atoms with Crippen LogP contribution in [0.25, 0.3) is 0 Å². The molecule has 2 unspecified atom stereocenters. The van der Waals surface area contributed by atoms with Gasteiger partial charge in [-0.15, -0.1) is 0 Å². The maximum absolute atomic E-state index is 12.8. The average Bonchev–Trinajstić information content (AvgIpc) is 2.60. The molecular weight excluding hydrogens is 350 g/mol. The van der Waals surface area contributed by atoms with E-state index in [4.69, 9.17) is 21.1 Å². The summed E-state index contributed by atoms with van der Waals surface area (Å²) >= 11 is 5.90. The minimum atomic E-state index is -0.561. The van der Waals surface area contributed by atoms with Crippen molar-refractivity contribution in [3.8, 4) is 11.5 Å². The topological polar surface area (TPSA) is 47.6 Å². The molecule has 1 heterocycles. The number of benzene rings is 2. The van der Waals surface area contributed by atoms with Gasteiger partial charge in [-0.25, -0.2) is 0 Å². The van der Waals surface area contributed by atoms with Gasteiger partial charge < -0.3 is 14.8 Å². The van der Waals surface area contributed by atoms with Gasteiger partial charge in [-0.3, -0.25) is 4.79 Å². The monoisotopic (exact) mass is 373 g/mol. The highest BCUT2D eigenvalue weighted by atomic mass is 35.5. The Bertz CT molecular complexity index is 773. The smallest absolute Gasteiger partial charge is 0.261 e. The third kappa shape index (κ3) is 4.31. The van der Waals surface area contributed by atoms with Crippen molar-refractivity contribution in [3.63, 3.8) is 0 Å². The second kappa shape index (κ2) is 7.58. The Kier molecular flexibility index (Phi) is 5.42. The molecular formula is C21H24ClNO3. The van der Waals surface area contributed by atoms with Crippen LogP contribution < -0.4 is 14.8 Å². The number of halogens is 1. The highest BCUT2D eigenvalue weighted by Gasteiger charge is 2.35. The summed E-state index contributed by atoms with van der Waals surface area (Å²) in [5.74, 6) is 1.32. The third-order valence-electron chi connectivity index (χ3n) is 4.45. The van der Waals surface area contributed by atoms with Crippen LogP contribution in [0.15, 0.2) is 48.5 Å². The summed E-state index contributed by atoms with van der Waals surface area (Å²) in [4.78, 5) is 12.8. The van der Waals surface area contributed by atoms with E-state index in [1.165, 1.54) is 0 Å². The number of fused-ring (bicyclic) bond motifs is 1. The zero-order valence-electron chi connectivity index (χ0n) is 15.3. The second-order valence-corrected chi connectivity index (χ2v) is 7.57. The maximum atomic E-state index is 12.8. The summed E-state index contributed by atoms with van der Waals surface area (Å²) < 4.78 is 11.9. The van der Waals surface area contributed by atoms with Gasteiger partial charge >= 0.3 is 0 Å². The molecule has 1 aliphatic heterocycles. The Labute approximate surface area is 159 Å². The average molecular weight is 374 g/mol. The quantitative estimate of drug-likeness (QED) is 0.809. The van der Waals surface area contributed by atoms with Gasteiger partial charge in [0.2, 0.25) is 0 Å². The number of rotatable bonds is 5. The van der Waals surface area contributed by atoms with Gasteiger partial charge in [0.05, 0.1) is 6.04 Å². The van der Waals surface area contributed by atoms with Crippen LogP contribution >= 0.6 is 11.6 Å². The van der Waals surface area contributed by atoms with Crippen LogP contribution in [0.3, 0.4) is 0 Å². The van der Waals surface area contributed by atoms with E-state index < -0.39 is 6.10 Å². The van der Waals surface area contributed by atoms with Crippen LogP contribution in [0.4, 0.5) is 0 Å². The van der Waals surface area contributed by atoms with E-state index in [0.29, 0.717) is 23.6 Å². The molecule has 26 heavy (non-hydrogen) atoms. The summed E-state index contributed by atoms with van der Waals surface area (Å²) in [6.07, 6.45) is 0.713. The second-order valence-electron chi connectivity index (χ2n) is 7.13. The number of amides is 1. The first-order valence-corrected chi connectivity index (χ1v) is 9.26. The van der Waals surface area contributed by atoms with Crippen molar-refractivity contribution < 1.29 is 14.3 Å². The molecule has 4 nitrogen and oxygen atoms in total. The molecule has 0 radical (unpaired) electrons. The largest absolute Gasteiger partial charge is 0.487 e. The molecule has 0 saturated carbocycles. The summed E-state index contributed by atoms with van der Waals surface area (Å²) in [6.45, 7) is 6.00. The van der Waals surface area contributed by atoms with E-state index >= 15 is 0 Å². The van der Waals surface area contributed by atoms with Crippen molar-refractivity contribution in [2.45, 2.75) is 51.4 Å². The molecule has 5 heteroatoms. The standard InChI is InChI=1S/C21H24ClNO3/c1-4-18(25-15-11-9-14(22)10-12-15)20(24)23-17-13-21(2,3)26-19-8-6-5-7-16(17)19/h5-12,17-18H,4,13H2,1-3H3,(H,23,24). The van der Waals surface area contributed by atoms with Gasteiger partial charge in [-0.2, -0.15) is 0 Å². The third-order valence-corrected chi connectivity index (χ3v) is 4.70. The highest BCUT2D eigenvalue weighted by molar-refractivity contribution is 6.30. The molecule has 0 spiro atoms. The SMILES string of the molecule is CCC(Oc1ccc(Cl)cc1)C(=O)NC1CC(C)(C)Oc2ccccc21. The molecule has 0 fully saturated rings. The molecule has 2 aromatic carbocycles. The number of ether oxygens (including phenoxy) is 2. The van der Waals surface area contributed by atoms with Crippen molar-refractivity contribution in [3.05, 3.63) is 59.1 Å². The molecule has 0 aliphatic carbocycles. The summed E-state index contributed by atoms with van der Waals surface area (Å²) in [5, 5.41) is 3.78. The van der Waals surface area contributed by atoms with Gasteiger partial charge in [0.25, 0.3) is 5.91 Å². The van der Waals surface area contributed by atoms with Gasteiger partial charge in [-0.1, -0.05) is 36.7 Å². The fourth-order valence-electron chi connectivity index (χ4n) is 3.20. The van der Waals surface area contributed by atoms with Crippen molar-refractivity contribution in [2.24, 2.45) is 0 Å². The molecule has 1 amide bonds. The molecule has 1 aliphatic rings. The Hall–Kier alpha value is -2.20. The maximum Gasteiger partial charge on any atom is 0.261 e. The molecule has 2 aromatic rings. The molecule has 0 saturated heterocycles. The van der Waals surface area contributed by atoms with Crippen LogP contribution in [-0.2, 0) is 4.79 Å². The van der Waals surface area contributed by atoms with Gasteiger partial charge in [0.1, 0.15) is 17.1 Å². The normalized spacial score (nSPS) is 19.0. The van der Waals surface area contributed by atoms with Crippen LogP contribution in [0, 0.1) is 0 Å². The first-order chi connectivity index (χ1) is 12.4. The Morgan fingerprint density at radius 2 is 1.96 bits per heavy atom. The van der Waals surface area contributed by atoms with E-state index in [2.05, 4.69) is 5.32 Å². The molecule has 0 bridgehead atoms. The summed E-state index contributed by atoms with van der Waals surface area (Å²) in [7, 11) is 0. The summed E-state index contributed by atoms with van der Waals surface area (Å²) in [5.41, 5.74) is 0.659. The van der Waals surface area contributed by atoms with Crippen LogP contribution in [-0.4, -0.2) is 17.6 Å². The number of carbonyl (C=O) groups is 1. The number of para-hydroxylation sites is 1. The molecule has 3 rings (SSSR count). The predicted octanol–water partition coefficient (Wildman–Crippen LogP) is 4.92. The lowest BCUT2D eigenvalue weighted by Gasteiger charge is -2.38. The van der Waals surface area contributed by atoms with Crippen molar-refractivity contribution in [1.82, 2.24) is 5.32 Å². The lowest BCUT2D eigenvalue weighted by molar-refractivity contribution is -0.129. The lowest BCUT2D eigenvalue weighted by atomic mass is 9.89. The van der Waals surface area contributed by atoms with Gasteiger partial charge in [0, 0.05) is 17.0 Å². The lowest BCUT2D eigenvalue weighted by Crippen LogP contribution is -2.45.